The SMILES string of the molecule is [CH]1CC2(C1)CCN2. The highest BCUT2D eigenvalue weighted by molar-refractivity contribution is 5.10. The maximum atomic E-state index is 3.43. The van der Waals surface area contributed by atoms with E-state index in [2.05, 4.69) is 11.7 Å². The fourth-order valence-corrected chi connectivity index (χ4v) is 1.32. The van der Waals surface area contributed by atoms with Gasteiger partial charge in [-0.3, -0.25) is 0 Å². The van der Waals surface area contributed by atoms with Crippen LogP contribution in [0.5, 0.6) is 0 Å². The molecule has 2 fully saturated rings. The second-order valence-electron chi connectivity index (χ2n) is 2.65. The Morgan fingerprint density at radius 2 is 2.14 bits per heavy atom. The van der Waals surface area contributed by atoms with Gasteiger partial charge in [-0.05, 0) is 32.2 Å². The molecule has 1 heterocycles. The van der Waals surface area contributed by atoms with E-state index >= 15 is 0 Å². The first-order chi connectivity index (χ1) is 3.41. The van der Waals surface area contributed by atoms with Gasteiger partial charge in [0.1, 0.15) is 0 Å². The molecule has 1 radical (unpaired) electrons. The van der Waals surface area contributed by atoms with E-state index in [1.54, 1.807) is 0 Å². The van der Waals surface area contributed by atoms with Gasteiger partial charge in [0, 0.05) is 5.54 Å². The van der Waals surface area contributed by atoms with E-state index in [1.807, 2.05) is 0 Å². The lowest BCUT2D eigenvalue weighted by atomic mass is 9.70. The topological polar surface area (TPSA) is 12.0 Å². The number of hydrogen-bond acceptors (Lipinski definition) is 1. The minimum atomic E-state index is 0.639. The molecule has 1 saturated carbocycles. The van der Waals surface area contributed by atoms with E-state index in [4.69, 9.17) is 0 Å². The fraction of sp³-hybridized carbons (Fsp3) is 0.833. The molecular formula is C6H10N. The second-order valence-corrected chi connectivity index (χ2v) is 2.65. The highest BCUT2D eigenvalue weighted by Gasteiger charge is 2.41. The number of nitrogens with one attached hydrogen (secondary N) is 1. The van der Waals surface area contributed by atoms with Crippen molar-refractivity contribution in [3.8, 4) is 0 Å². The Labute approximate surface area is 44.1 Å². The highest BCUT2D eigenvalue weighted by atomic mass is 15.1. The van der Waals surface area contributed by atoms with Crippen LogP contribution in [0.15, 0.2) is 0 Å². The van der Waals surface area contributed by atoms with Gasteiger partial charge in [-0.2, -0.15) is 0 Å². The van der Waals surface area contributed by atoms with E-state index in [0.717, 1.165) is 0 Å². The van der Waals surface area contributed by atoms with Crippen molar-refractivity contribution >= 4 is 0 Å². The van der Waals surface area contributed by atoms with Crippen molar-refractivity contribution in [2.45, 2.75) is 24.8 Å². The average molecular weight is 96.2 g/mol. The van der Waals surface area contributed by atoms with E-state index in [-0.39, 0.29) is 0 Å². The van der Waals surface area contributed by atoms with Crippen LogP contribution < -0.4 is 5.32 Å². The molecule has 1 heteroatoms. The summed E-state index contributed by atoms with van der Waals surface area (Å²) in [7, 11) is 0. The van der Waals surface area contributed by atoms with Crippen LogP contribution in [0, 0.1) is 6.42 Å². The largest absolute Gasteiger partial charge is 0.311 e. The van der Waals surface area contributed by atoms with E-state index in [1.165, 1.54) is 25.8 Å². The molecule has 1 aliphatic heterocycles. The molecule has 0 bridgehead atoms. The summed E-state index contributed by atoms with van der Waals surface area (Å²) in [5.41, 5.74) is 0.639. The number of rotatable bonds is 0. The lowest BCUT2D eigenvalue weighted by molar-refractivity contribution is 0.148. The summed E-state index contributed by atoms with van der Waals surface area (Å²) in [5.74, 6) is 0. The zero-order chi connectivity index (χ0) is 4.74. The van der Waals surface area contributed by atoms with E-state index < -0.39 is 0 Å². The lowest BCUT2D eigenvalue weighted by Gasteiger charge is -2.50. The number of hydrogen-bond donors (Lipinski definition) is 1. The summed E-state index contributed by atoms with van der Waals surface area (Å²) in [4.78, 5) is 0. The van der Waals surface area contributed by atoms with Crippen LogP contribution in [-0.4, -0.2) is 12.1 Å². The first-order valence-corrected chi connectivity index (χ1v) is 2.98. The first-order valence-electron chi connectivity index (χ1n) is 2.98. The van der Waals surface area contributed by atoms with Gasteiger partial charge in [-0.15, -0.1) is 0 Å². The van der Waals surface area contributed by atoms with Crippen molar-refractivity contribution in [2.24, 2.45) is 0 Å². The molecule has 7 heavy (non-hydrogen) atoms. The Morgan fingerprint density at radius 3 is 2.14 bits per heavy atom. The Kier molecular flexibility index (Phi) is 0.571. The highest BCUT2D eigenvalue weighted by Crippen LogP contribution is 2.38. The minimum absolute atomic E-state index is 0.639. The zero-order valence-electron chi connectivity index (χ0n) is 4.41. The van der Waals surface area contributed by atoms with Gasteiger partial charge >= 0.3 is 0 Å². The third-order valence-corrected chi connectivity index (χ3v) is 2.17. The molecule has 0 unspecified atom stereocenters. The van der Waals surface area contributed by atoms with Crippen LogP contribution in [0.3, 0.4) is 0 Å². The second kappa shape index (κ2) is 1.03. The molecule has 1 N–H and O–H groups in total. The maximum Gasteiger partial charge on any atom is 0.0199 e. The first kappa shape index (κ1) is 3.90. The molecule has 1 spiro atoms. The molecule has 1 aliphatic carbocycles. The molecular weight excluding hydrogens is 86.1 g/mol. The fourth-order valence-electron chi connectivity index (χ4n) is 1.32. The molecule has 0 aromatic carbocycles. The molecule has 0 atom stereocenters. The minimum Gasteiger partial charge on any atom is -0.311 e. The predicted octanol–water partition coefficient (Wildman–Crippen LogP) is 0.717. The monoisotopic (exact) mass is 96.1 g/mol. The van der Waals surface area contributed by atoms with Gasteiger partial charge in [0.2, 0.25) is 0 Å². The van der Waals surface area contributed by atoms with Crippen molar-refractivity contribution in [3.05, 3.63) is 6.42 Å². The summed E-state index contributed by atoms with van der Waals surface area (Å²) >= 11 is 0. The summed E-state index contributed by atoms with van der Waals surface area (Å²) in [6, 6.07) is 0. The van der Waals surface area contributed by atoms with Crippen molar-refractivity contribution in [1.29, 1.82) is 0 Å². The molecule has 1 saturated heterocycles. The van der Waals surface area contributed by atoms with Gasteiger partial charge in [0.05, 0.1) is 0 Å². The normalized spacial score (nSPS) is 34.3. The van der Waals surface area contributed by atoms with E-state index in [0.29, 0.717) is 5.54 Å². The predicted molar refractivity (Wildman–Crippen MR) is 28.9 cm³/mol. The molecule has 0 aromatic rings. The third kappa shape index (κ3) is 0.367. The average Bonchev–Trinajstić information content (AvgIpc) is 1.20. The van der Waals surface area contributed by atoms with Gasteiger partial charge in [-0.1, -0.05) is 0 Å². The van der Waals surface area contributed by atoms with Crippen LogP contribution in [0.2, 0.25) is 0 Å². The van der Waals surface area contributed by atoms with Gasteiger partial charge < -0.3 is 5.32 Å². The molecule has 0 amide bonds. The Bertz CT molecular complexity index is 64.7. The van der Waals surface area contributed by atoms with Crippen molar-refractivity contribution in [1.82, 2.24) is 5.32 Å². The molecule has 1 nitrogen and oxygen atoms in total. The van der Waals surface area contributed by atoms with Crippen LogP contribution in [0.4, 0.5) is 0 Å². The van der Waals surface area contributed by atoms with Crippen LogP contribution in [0.1, 0.15) is 19.3 Å². The van der Waals surface area contributed by atoms with Crippen LogP contribution in [-0.2, 0) is 0 Å². The summed E-state index contributed by atoms with van der Waals surface area (Å²) in [5, 5.41) is 3.43. The molecule has 2 aliphatic rings. The van der Waals surface area contributed by atoms with Crippen molar-refractivity contribution in [2.75, 3.05) is 6.54 Å². The smallest absolute Gasteiger partial charge is 0.0199 e. The Balaban J connectivity index is 2.00. The molecule has 2 rings (SSSR count). The summed E-state index contributed by atoms with van der Waals surface area (Å²) in [6.45, 7) is 1.26. The maximum absolute atomic E-state index is 3.43. The standard InChI is InChI=1S/C6H10N/c1-2-6(3-1)4-5-7-6/h1,7H,2-5H2. The zero-order valence-corrected chi connectivity index (χ0v) is 4.41. The Hall–Kier alpha value is -0.0400. The third-order valence-electron chi connectivity index (χ3n) is 2.17. The van der Waals surface area contributed by atoms with Gasteiger partial charge in [-0.25, -0.2) is 0 Å². The molecule has 39 valence electrons. The lowest BCUT2D eigenvalue weighted by Crippen LogP contribution is -2.61. The Morgan fingerprint density at radius 1 is 1.43 bits per heavy atom. The summed E-state index contributed by atoms with van der Waals surface area (Å²) in [6.07, 6.45) is 6.43. The quantitative estimate of drug-likeness (QED) is 0.468. The summed E-state index contributed by atoms with van der Waals surface area (Å²) < 4.78 is 0. The van der Waals surface area contributed by atoms with Crippen LogP contribution in [0.25, 0.3) is 0 Å². The van der Waals surface area contributed by atoms with Gasteiger partial charge in [0.15, 0.2) is 0 Å². The van der Waals surface area contributed by atoms with Crippen LogP contribution >= 0.6 is 0 Å². The van der Waals surface area contributed by atoms with Crippen molar-refractivity contribution in [3.63, 3.8) is 0 Å². The molecule has 0 aromatic heterocycles. The van der Waals surface area contributed by atoms with E-state index in [9.17, 15) is 0 Å². The van der Waals surface area contributed by atoms with Crippen molar-refractivity contribution < 1.29 is 0 Å². The van der Waals surface area contributed by atoms with Gasteiger partial charge in [0.25, 0.3) is 0 Å².